The molecule has 0 aromatic carbocycles. The Morgan fingerprint density at radius 2 is 1.79 bits per heavy atom. The monoisotopic (exact) mass is 296 g/mol. The number of rotatable bonds is 13. The molecular weight excluding hydrogens is 272 g/mol. The first-order valence-corrected chi connectivity index (χ1v) is 8.43. The van der Waals surface area contributed by atoms with Crippen molar-refractivity contribution < 1.29 is 33.0 Å². The minimum Gasteiger partial charge on any atom is -0.394 e. The highest BCUT2D eigenvalue weighted by molar-refractivity contribution is 6.60. The molecule has 1 rings (SSSR count). The fourth-order valence-corrected chi connectivity index (χ4v) is 3.77. The van der Waals surface area contributed by atoms with Crippen LogP contribution < -0.4 is 0 Å². The van der Waals surface area contributed by atoms with E-state index in [1.54, 1.807) is 0 Å². The Morgan fingerprint density at radius 3 is 2.26 bits per heavy atom. The predicted molar refractivity (Wildman–Crippen MR) is 68.8 cm³/mol. The van der Waals surface area contributed by atoms with E-state index in [0.29, 0.717) is 19.3 Å². The first-order chi connectivity index (χ1) is 9.26. The maximum absolute atomic E-state index is 8.83. The van der Waals surface area contributed by atoms with Gasteiger partial charge in [-0.15, -0.1) is 0 Å². The van der Waals surface area contributed by atoms with Crippen LogP contribution in [0.5, 0.6) is 0 Å². The summed E-state index contributed by atoms with van der Waals surface area (Å²) in [6.45, 7) is 2.16. The zero-order valence-electron chi connectivity index (χ0n) is 11.4. The lowest BCUT2D eigenvalue weighted by atomic mass is 10.5. The van der Waals surface area contributed by atoms with Crippen LogP contribution in [0.25, 0.3) is 0 Å². The highest BCUT2D eigenvalue weighted by Crippen LogP contribution is 2.17. The lowest BCUT2D eigenvalue weighted by Crippen LogP contribution is -2.46. The highest BCUT2D eigenvalue weighted by Gasteiger charge is 2.39. The molecule has 8 heteroatoms. The van der Waals surface area contributed by atoms with Crippen molar-refractivity contribution in [2.75, 3.05) is 53.4 Å². The number of hydrogen-bond acceptors (Lipinski definition) is 7. The third-order valence-corrected chi connectivity index (χ3v) is 5.49. The Labute approximate surface area is 114 Å². The van der Waals surface area contributed by atoms with Gasteiger partial charge in [-0.2, -0.15) is 0 Å². The summed E-state index contributed by atoms with van der Waals surface area (Å²) in [7, 11) is -1.28. The van der Waals surface area contributed by atoms with E-state index in [1.165, 1.54) is 7.11 Å². The summed E-state index contributed by atoms with van der Waals surface area (Å²) < 4.78 is 26.9. The molecule has 0 aromatic rings. The maximum atomic E-state index is 8.83. The molecule has 1 fully saturated rings. The van der Waals surface area contributed by atoms with E-state index in [4.69, 9.17) is 33.0 Å². The minimum atomic E-state index is -2.80. The molecule has 1 saturated heterocycles. The van der Waals surface area contributed by atoms with Gasteiger partial charge < -0.3 is 33.0 Å². The summed E-state index contributed by atoms with van der Waals surface area (Å²) in [4.78, 5) is 0. The normalized spacial score (nSPS) is 18.8. The van der Waals surface area contributed by atoms with Gasteiger partial charge in [-0.1, -0.05) is 0 Å². The summed E-state index contributed by atoms with van der Waals surface area (Å²) >= 11 is 0. The Kier molecular flexibility index (Phi) is 8.75. The Balaban J connectivity index is 2.23. The van der Waals surface area contributed by atoms with Gasteiger partial charge in [0.1, 0.15) is 6.10 Å². The molecule has 0 saturated carbocycles. The molecule has 1 atom stereocenters. The van der Waals surface area contributed by atoms with E-state index in [2.05, 4.69) is 0 Å². The van der Waals surface area contributed by atoms with Crippen molar-refractivity contribution in [2.45, 2.75) is 18.6 Å². The molecule has 7 nitrogen and oxygen atoms in total. The van der Waals surface area contributed by atoms with Gasteiger partial charge in [0.15, 0.2) is 0 Å². The first kappa shape index (κ1) is 17.0. The van der Waals surface area contributed by atoms with E-state index in [9.17, 15) is 0 Å². The molecule has 1 heterocycles. The number of aliphatic hydroxyl groups is 2. The van der Waals surface area contributed by atoms with Crippen LogP contribution in [-0.2, 0) is 22.8 Å². The summed E-state index contributed by atoms with van der Waals surface area (Å²) in [6.07, 6.45) is 1.00. The van der Waals surface area contributed by atoms with Crippen LogP contribution in [0.4, 0.5) is 0 Å². The Bertz CT molecular complexity index is 217. The zero-order chi connectivity index (χ0) is 14.0. The van der Waals surface area contributed by atoms with Crippen LogP contribution in [-0.4, -0.2) is 78.5 Å². The molecule has 19 heavy (non-hydrogen) atoms. The van der Waals surface area contributed by atoms with Crippen molar-refractivity contribution in [3.05, 3.63) is 0 Å². The van der Waals surface area contributed by atoms with Crippen molar-refractivity contribution in [2.24, 2.45) is 0 Å². The van der Waals surface area contributed by atoms with E-state index in [-0.39, 0.29) is 32.5 Å². The van der Waals surface area contributed by atoms with Crippen LogP contribution in [0.15, 0.2) is 0 Å². The summed E-state index contributed by atoms with van der Waals surface area (Å²) in [5.41, 5.74) is 0. The molecule has 114 valence electrons. The Morgan fingerprint density at radius 1 is 1.16 bits per heavy atom. The molecular formula is C11H24O7Si. The molecule has 2 N–H and O–H groups in total. The lowest BCUT2D eigenvalue weighted by molar-refractivity contribution is 0.0464. The molecule has 1 unspecified atom stereocenters. The van der Waals surface area contributed by atoms with Crippen LogP contribution in [0.2, 0.25) is 6.04 Å². The second-order valence-corrected chi connectivity index (χ2v) is 7.02. The smallest absolute Gasteiger partial charge is 0.394 e. The molecule has 1 aliphatic heterocycles. The number of aliphatic hydroxyl groups excluding tert-OH is 2. The molecule has 0 bridgehead atoms. The third kappa shape index (κ3) is 7.33. The molecule has 1 aliphatic rings. The molecule has 0 amide bonds. The number of ether oxygens (including phenoxy) is 2. The fraction of sp³-hybridized carbons (Fsp3) is 1.00. The van der Waals surface area contributed by atoms with Crippen LogP contribution in [0.1, 0.15) is 6.42 Å². The van der Waals surface area contributed by atoms with Crippen molar-refractivity contribution in [1.29, 1.82) is 0 Å². The van der Waals surface area contributed by atoms with Gasteiger partial charge >= 0.3 is 8.80 Å². The van der Waals surface area contributed by atoms with Gasteiger partial charge in [-0.25, -0.2) is 0 Å². The quantitative estimate of drug-likeness (QED) is 0.266. The molecule has 0 radical (unpaired) electrons. The molecule has 0 spiro atoms. The van der Waals surface area contributed by atoms with Crippen LogP contribution in [0.3, 0.4) is 0 Å². The second-order valence-electron chi connectivity index (χ2n) is 4.17. The topological polar surface area (TPSA) is 89.9 Å². The number of hydrogen-bond donors (Lipinski definition) is 2. The van der Waals surface area contributed by atoms with Crippen molar-refractivity contribution in [1.82, 2.24) is 0 Å². The Hall–Kier alpha value is -0.0631. The van der Waals surface area contributed by atoms with Crippen LogP contribution in [0, 0.1) is 0 Å². The largest absolute Gasteiger partial charge is 0.500 e. The SMILES string of the molecule is CO[Si](CCCOCC1CO1)(OCCO)OCCO. The molecule has 0 aromatic heterocycles. The first-order valence-electron chi connectivity index (χ1n) is 6.50. The van der Waals surface area contributed by atoms with Gasteiger partial charge in [0.2, 0.25) is 0 Å². The van der Waals surface area contributed by atoms with E-state index in [0.717, 1.165) is 13.0 Å². The summed E-state index contributed by atoms with van der Waals surface area (Å²) in [5, 5.41) is 17.7. The summed E-state index contributed by atoms with van der Waals surface area (Å²) in [5.74, 6) is 0. The zero-order valence-corrected chi connectivity index (χ0v) is 12.4. The van der Waals surface area contributed by atoms with Crippen molar-refractivity contribution in [3.63, 3.8) is 0 Å². The minimum absolute atomic E-state index is 0.0872. The average Bonchev–Trinajstić information content (AvgIpc) is 3.25. The fourth-order valence-electron chi connectivity index (χ4n) is 1.58. The van der Waals surface area contributed by atoms with Gasteiger partial charge in [0.25, 0.3) is 0 Å². The van der Waals surface area contributed by atoms with E-state index >= 15 is 0 Å². The average molecular weight is 296 g/mol. The summed E-state index contributed by atoms with van der Waals surface area (Å²) in [6, 6.07) is 0.592. The van der Waals surface area contributed by atoms with E-state index in [1.807, 2.05) is 0 Å². The van der Waals surface area contributed by atoms with E-state index < -0.39 is 8.80 Å². The van der Waals surface area contributed by atoms with Crippen LogP contribution >= 0.6 is 0 Å². The van der Waals surface area contributed by atoms with Crippen molar-refractivity contribution in [3.8, 4) is 0 Å². The van der Waals surface area contributed by atoms with Crippen molar-refractivity contribution >= 4 is 8.80 Å². The third-order valence-electron chi connectivity index (χ3n) is 2.62. The highest BCUT2D eigenvalue weighted by atomic mass is 28.4. The second kappa shape index (κ2) is 9.78. The molecule has 0 aliphatic carbocycles. The van der Waals surface area contributed by atoms with Gasteiger partial charge in [-0.3, -0.25) is 0 Å². The number of epoxide rings is 1. The van der Waals surface area contributed by atoms with Gasteiger partial charge in [-0.05, 0) is 6.42 Å². The standard InChI is InChI=1S/C11H24O7Si/c1-14-19(17-6-3-12,18-7-4-13)8-2-5-15-9-11-10-16-11/h11-13H,2-10H2,1H3. The maximum Gasteiger partial charge on any atom is 0.500 e. The van der Waals surface area contributed by atoms with Gasteiger partial charge in [0.05, 0.1) is 39.6 Å². The lowest BCUT2D eigenvalue weighted by Gasteiger charge is -2.27. The van der Waals surface area contributed by atoms with Gasteiger partial charge in [0, 0.05) is 19.8 Å². The predicted octanol–water partition coefficient (Wildman–Crippen LogP) is -0.605.